The van der Waals surface area contributed by atoms with Crippen LogP contribution in [0.5, 0.6) is 0 Å². The van der Waals surface area contributed by atoms with Crippen LogP contribution in [-0.2, 0) is 9.47 Å². The summed E-state index contributed by atoms with van der Waals surface area (Å²) in [5, 5.41) is 4.29. The van der Waals surface area contributed by atoms with E-state index in [0.29, 0.717) is 5.92 Å². The summed E-state index contributed by atoms with van der Waals surface area (Å²) in [6, 6.07) is 8.05. The largest absolute Gasteiger partial charge is 0.381 e. The molecule has 1 N–H and O–H groups in total. The number of anilines is 1. The van der Waals surface area contributed by atoms with Gasteiger partial charge in [0.1, 0.15) is 0 Å². The summed E-state index contributed by atoms with van der Waals surface area (Å²) in [5.41, 5.74) is 1.12. The van der Waals surface area contributed by atoms with Gasteiger partial charge in [0, 0.05) is 66.2 Å². The monoisotopic (exact) mass is 408 g/mol. The molecule has 0 aliphatic carbocycles. The van der Waals surface area contributed by atoms with Crippen molar-refractivity contribution in [2.75, 3.05) is 71.1 Å². The molecule has 2 fully saturated rings. The first-order valence-corrected chi connectivity index (χ1v) is 10.8. The van der Waals surface area contributed by atoms with Crippen molar-refractivity contribution in [2.24, 2.45) is 10.9 Å². The fourth-order valence-electron chi connectivity index (χ4n) is 3.74. The van der Waals surface area contributed by atoms with Crippen LogP contribution in [0.2, 0.25) is 5.02 Å². The van der Waals surface area contributed by atoms with Crippen molar-refractivity contribution >= 4 is 23.2 Å². The second-order valence-electron chi connectivity index (χ2n) is 7.38. The van der Waals surface area contributed by atoms with E-state index in [9.17, 15) is 0 Å². The molecule has 3 rings (SSSR count). The first kappa shape index (κ1) is 21.2. The normalized spacial score (nSPS) is 19.1. The van der Waals surface area contributed by atoms with Gasteiger partial charge in [-0.15, -0.1) is 0 Å². The van der Waals surface area contributed by atoms with Crippen LogP contribution in [0.25, 0.3) is 0 Å². The van der Waals surface area contributed by atoms with E-state index in [1.165, 1.54) is 0 Å². The minimum absolute atomic E-state index is 0.670. The first-order chi connectivity index (χ1) is 13.8. The molecule has 156 valence electrons. The smallest absolute Gasteiger partial charge is 0.193 e. The van der Waals surface area contributed by atoms with E-state index >= 15 is 0 Å². The lowest BCUT2D eigenvalue weighted by molar-refractivity contribution is 0.0203. The molecular weight excluding hydrogens is 376 g/mol. The molecule has 28 heavy (non-hydrogen) atoms. The highest BCUT2D eigenvalue weighted by Crippen LogP contribution is 2.26. The van der Waals surface area contributed by atoms with Crippen LogP contribution in [0.4, 0.5) is 5.69 Å². The zero-order chi connectivity index (χ0) is 19.6. The van der Waals surface area contributed by atoms with Gasteiger partial charge >= 0.3 is 0 Å². The SMILES string of the molecule is CN=C(NCCCOCC1CCOCC1)N1CCN(c2ccccc2Cl)CC1. The van der Waals surface area contributed by atoms with E-state index in [0.717, 1.165) is 95.1 Å². The number of guanidine groups is 1. The fourth-order valence-corrected chi connectivity index (χ4v) is 3.99. The zero-order valence-corrected chi connectivity index (χ0v) is 17.7. The number of benzene rings is 1. The van der Waals surface area contributed by atoms with Gasteiger partial charge in [-0.05, 0) is 37.3 Å². The lowest BCUT2D eigenvalue weighted by Gasteiger charge is -2.38. The fraction of sp³-hybridized carbons (Fsp3) is 0.667. The predicted octanol–water partition coefficient (Wildman–Crippen LogP) is 2.87. The van der Waals surface area contributed by atoms with E-state index in [1.54, 1.807) is 0 Å². The minimum atomic E-state index is 0.670. The quantitative estimate of drug-likeness (QED) is 0.427. The molecule has 2 aliphatic rings. The third-order valence-corrected chi connectivity index (χ3v) is 5.75. The highest BCUT2D eigenvalue weighted by Gasteiger charge is 2.20. The molecule has 0 atom stereocenters. The Morgan fingerprint density at radius 3 is 2.68 bits per heavy atom. The van der Waals surface area contributed by atoms with Gasteiger partial charge < -0.3 is 24.6 Å². The van der Waals surface area contributed by atoms with Crippen LogP contribution in [0, 0.1) is 5.92 Å². The van der Waals surface area contributed by atoms with Crippen LogP contribution in [0.15, 0.2) is 29.3 Å². The van der Waals surface area contributed by atoms with Gasteiger partial charge in [-0.25, -0.2) is 0 Å². The summed E-state index contributed by atoms with van der Waals surface area (Å²) in [4.78, 5) is 9.11. The van der Waals surface area contributed by atoms with Crippen molar-refractivity contribution in [3.05, 3.63) is 29.3 Å². The molecule has 1 aromatic carbocycles. The molecule has 2 heterocycles. The summed E-state index contributed by atoms with van der Waals surface area (Å²) < 4.78 is 11.2. The maximum atomic E-state index is 6.33. The average Bonchev–Trinajstić information content (AvgIpc) is 2.75. The number of aliphatic imine (C=N–C) groups is 1. The number of halogens is 1. The molecule has 0 saturated carbocycles. The summed E-state index contributed by atoms with van der Waals surface area (Å²) in [5.74, 6) is 1.65. The Morgan fingerprint density at radius 1 is 1.21 bits per heavy atom. The zero-order valence-electron chi connectivity index (χ0n) is 16.9. The number of piperazine rings is 1. The molecular formula is C21H33ClN4O2. The lowest BCUT2D eigenvalue weighted by atomic mass is 10.0. The maximum absolute atomic E-state index is 6.33. The molecule has 0 bridgehead atoms. The topological polar surface area (TPSA) is 49.3 Å². The van der Waals surface area contributed by atoms with E-state index in [4.69, 9.17) is 21.1 Å². The Labute approximate surface area is 173 Å². The van der Waals surface area contributed by atoms with Crippen molar-refractivity contribution in [1.29, 1.82) is 0 Å². The molecule has 0 spiro atoms. The highest BCUT2D eigenvalue weighted by atomic mass is 35.5. The standard InChI is InChI=1S/C21H33ClN4O2/c1-23-21(24-9-4-14-28-17-18-7-15-27-16-8-18)26-12-10-25(11-13-26)20-6-3-2-5-19(20)22/h2-3,5-6,18H,4,7-17H2,1H3,(H,23,24). The van der Waals surface area contributed by atoms with Crippen molar-refractivity contribution < 1.29 is 9.47 Å². The van der Waals surface area contributed by atoms with E-state index in [2.05, 4.69) is 26.2 Å². The van der Waals surface area contributed by atoms with E-state index in [1.807, 2.05) is 25.2 Å². The van der Waals surface area contributed by atoms with E-state index in [-0.39, 0.29) is 0 Å². The van der Waals surface area contributed by atoms with Gasteiger partial charge in [0.2, 0.25) is 0 Å². The van der Waals surface area contributed by atoms with Crippen molar-refractivity contribution in [3.8, 4) is 0 Å². The summed E-state index contributed by atoms with van der Waals surface area (Å²) in [6.07, 6.45) is 3.25. The molecule has 0 aromatic heterocycles. The van der Waals surface area contributed by atoms with Crippen LogP contribution in [0.3, 0.4) is 0 Å². The van der Waals surface area contributed by atoms with E-state index < -0.39 is 0 Å². The molecule has 7 heteroatoms. The van der Waals surface area contributed by atoms with Crippen molar-refractivity contribution in [2.45, 2.75) is 19.3 Å². The Kier molecular flexibility index (Phi) is 8.70. The first-order valence-electron chi connectivity index (χ1n) is 10.4. The third kappa shape index (κ3) is 6.26. The molecule has 0 radical (unpaired) electrons. The molecule has 1 aromatic rings. The molecule has 2 saturated heterocycles. The number of rotatable bonds is 7. The minimum Gasteiger partial charge on any atom is -0.381 e. The maximum Gasteiger partial charge on any atom is 0.193 e. The number of ether oxygens (including phenoxy) is 2. The van der Waals surface area contributed by atoms with Crippen LogP contribution < -0.4 is 10.2 Å². The molecule has 2 aliphatic heterocycles. The Hall–Kier alpha value is -1.50. The number of para-hydroxylation sites is 1. The lowest BCUT2D eigenvalue weighted by Crippen LogP contribution is -2.52. The number of nitrogens with one attached hydrogen (secondary N) is 1. The Morgan fingerprint density at radius 2 is 1.96 bits per heavy atom. The second-order valence-corrected chi connectivity index (χ2v) is 7.79. The number of hydrogen-bond acceptors (Lipinski definition) is 4. The summed E-state index contributed by atoms with van der Waals surface area (Å²) in [6.45, 7) is 8.06. The number of hydrogen-bond donors (Lipinski definition) is 1. The molecule has 0 amide bonds. The molecule has 0 unspecified atom stereocenters. The van der Waals surface area contributed by atoms with Gasteiger partial charge in [0.15, 0.2) is 5.96 Å². The molecule has 6 nitrogen and oxygen atoms in total. The number of nitrogens with zero attached hydrogens (tertiary/aromatic N) is 3. The third-order valence-electron chi connectivity index (χ3n) is 5.43. The van der Waals surface area contributed by atoms with Crippen molar-refractivity contribution in [1.82, 2.24) is 10.2 Å². The summed E-state index contributed by atoms with van der Waals surface area (Å²) >= 11 is 6.33. The van der Waals surface area contributed by atoms with Crippen LogP contribution in [0.1, 0.15) is 19.3 Å². The van der Waals surface area contributed by atoms with Gasteiger partial charge in [-0.1, -0.05) is 23.7 Å². The highest BCUT2D eigenvalue weighted by molar-refractivity contribution is 6.33. The van der Waals surface area contributed by atoms with Crippen LogP contribution in [-0.4, -0.2) is 77.1 Å². The summed E-state index contributed by atoms with van der Waals surface area (Å²) in [7, 11) is 1.85. The van der Waals surface area contributed by atoms with Gasteiger partial charge in [0.05, 0.1) is 10.7 Å². The van der Waals surface area contributed by atoms with Gasteiger partial charge in [-0.3, -0.25) is 4.99 Å². The second kappa shape index (κ2) is 11.5. The van der Waals surface area contributed by atoms with Crippen LogP contribution >= 0.6 is 11.6 Å². The van der Waals surface area contributed by atoms with Crippen molar-refractivity contribution in [3.63, 3.8) is 0 Å². The van der Waals surface area contributed by atoms with Gasteiger partial charge in [-0.2, -0.15) is 0 Å². The predicted molar refractivity (Wildman–Crippen MR) is 116 cm³/mol. The Bertz CT molecular complexity index is 614. The Balaban J connectivity index is 1.32. The van der Waals surface area contributed by atoms with Gasteiger partial charge in [0.25, 0.3) is 0 Å². The average molecular weight is 409 g/mol.